The maximum absolute atomic E-state index is 11.5. The van der Waals surface area contributed by atoms with Crippen LogP contribution in [0.1, 0.15) is 17.7 Å². The SMILES string of the molecule is CN1Cc2c(I)nn(C)c2CCC1=O. The predicted octanol–water partition coefficient (Wildman–Crippen LogP) is 0.929. The summed E-state index contributed by atoms with van der Waals surface area (Å²) in [7, 11) is 3.79. The average molecular weight is 305 g/mol. The molecule has 1 aromatic rings. The number of aryl methyl sites for hydroxylation is 1. The third kappa shape index (κ3) is 1.53. The van der Waals surface area contributed by atoms with Gasteiger partial charge in [-0.25, -0.2) is 0 Å². The number of carbonyl (C=O) groups excluding carboxylic acids is 1. The second kappa shape index (κ2) is 3.52. The smallest absolute Gasteiger partial charge is 0.223 e. The molecule has 1 aliphatic heterocycles. The van der Waals surface area contributed by atoms with Gasteiger partial charge in [0, 0.05) is 38.3 Å². The largest absolute Gasteiger partial charge is 0.341 e. The molecule has 1 aliphatic rings. The van der Waals surface area contributed by atoms with E-state index in [1.807, 2.05) is 18.8 Å². The maximum Gasteiger partial charge on any atom is 0.223 e. The number of carbonyl (C=O) groups is 1. The highest BCUT2D eigenvalue weighted by atomic mass is 127. The Balaban J connectivity index is 2.44. The maximum atomic E-state index is 11.5. The van der Waals surface area contributed by atoms with Crippen molar-refractivity contribution in [2.24, 2.45) is 7.05 Å². The third-order valence-electron chi connectivity index (χ3n) is 2.62. The molecule has 0 fully saturated rings. The van der Waals surface area contributed by atoms with Gasteiger partial charge >= 0.3 is 0 Å². The number of hydrogen-bond donors (Lipinski definition) is 0. The van der Waals surface area contributed by atoms with Crippen LogP contribution in [0.2, 0.25) is 0 Å². The molecule has 4 nitrogen and oxygen atoms in total. The van der Waals surface area contributed by atoms with Gasteiger partial charge < -0.3 is 4.90 Å². The highest BCUT2D eigenvalue weighted by Crippen LogP contribution is 2.22. The Hall–Kier alpha value is -0.590. The highest BCUT2D eigenvalue weighted by molar-refractivity contribution is 14.1. The van der Waals surface area contributed by atoms with Crippen molar-refractivity contribution in [3.05, 3.63) is 15.0 Å². The molecule has 2 rings (SSSR count). The monoisotopic (exact) mass is 305 g/mol. The summed E-state index contributed by atoms with van der Waals surface area (Å²) in [6.07, 6.45) is 1.41. The Labute approximate surface area is 96.4 Å². The molecule has 0 aliphatic carbocycles. The summed E-state index contributed by atoms with van der Waals surface area (Å²) < 4.78 is 2.91. The zero-order chi connectivity index (χ0) is 10.3. The molecular weight excluding hydrogens is 293 g/mol. The van der Waals surface area contributed by atoms with Gasteiger partial charge in [0.05, 0.1) is 0 Å². The van der Waals surface area contributed by atoms with Gasteiger partial charge in [0.2, 0.25) is 5.91 Å². The lowest BCUT2D eigenvalue weighted by molar-refractivity contribution is -0.130. The van der Waals surface area contributed by atoms with Gasteiger partial charge in [-0.05, 0) is 29.0 Å². The van der Waals surface area contributed by atoms with Gasteiger partial charge in [0.25, 0.3) is 0 Å². The summed E-state index contributed by atoms with van der Waals surface area (Å²) in [6.45, 7) is 0.695. The first-order chi connectivity index (χ1) is 6.59. The van der Waals surface area contributed by atoms with E-state index in [0.29, 0.717) is 13.0 Å². The van der Waals surface area contributed by atoms with Crippen LogP contribution in [0.4, 0.5) is 0 Å². The standard InChI is InChI=1S/C9H12IN3O/c1-12-5-6-7(3-4-8(12)14)13(2)11-9(6)10/h3-5H2,1-2H3. The van der Waals surface area contributed by atoms with Crippen molar-refractivity contribution in [3.8, 4) is 0 Å². The molecule has 0 radical (unpaired) electrons. The van der Waals surface area contributed by atoms with Gasteiger partial charge in [-0.1, -0.05) is 0 Å². The topological polar surface area (TPSA) is 38.1 Å². The second-order valence-electron chi connectivity index (χ2n) is 3.59. The van der Waals surface area contributed by atoms with Crippen molar-refractivity contribution < 1.29 is 4.79 Å². The number of hydrogen-bond acceptors (Lipinski definition) is 2. The Bertz CT molecular complexity index is 386. The van der Waals surface area contributed by atoms with Gasteiger partial charge in [0.15, 0.2) is 0 Å². The molecule has 76 valence electrons. The lowest BCUT2D eigenvalue weighted by Gasteiger charge is -2.13. The van der Waals surface area contributed by atoms with Crippen molar-refractivity contribution in [1.82, 2.24) is 14.7 Å². The minimum Gasteiger partial charge on any atom is -0.341 e. The van der Waals surface area contributed by atoms with E-state index in [1.165, 1.54) is 11.3 Å². The van der Waals surface area contributed by atoms with Crippen LogP contribution in [-0.4, -0.2) is 27.6 Å². The van der Waals surface area contributed by atoms with E-state index in [-0.39, 0.29) is 5.91 Å². The summed E-state index contributed by atoms with van der Waals surface area (Å²) >= 11 is 2.23. The van der Waals surface area contributed by atoms with E-state index in [1.54, 1.807) is 4.90 Å². The molecule has 0 saturated heterocycles. The first-order valence-corrected chi connectivity index (χ1v) is 5.61. The van der Waals surface area contributed by atoms with Gasteiger partial charge in [0.1, 0.15) is 3.70 Å². The van der Waals surface area contributed by atoms with Crippen molar-refractivity contribution in [2.45, 2.75) is 19.4 Å². The number of fused-ring (bicyclic) bond motifs is 1. The van der Waals surface area contributed by atoms with E-state index in [9.17, 15) is 4.79 Å². The van der Waals surface area contributed by atoms with E-state index < -0.39 is 0 Å². The Morgan fingerprint density at radius 3 is 2.79 bits per heavy atom. The highest BCUT2D eigenvalue weighted by Gasteiger charge is 2.22. The summed E-state index contributed by atoms with van der Waals surface area (Å²) in [4.78, 5) is 13.3. The van der Waals surface area contributed by atoms with E-state index in [0.717, 1.165) is 10.1 Å². The molecule has 0 atom stereocenters. The fraction of sp³-hybridized carbons (Fsp3) is 0.556. The van der Waals surface area contributed by atoms with Crippen molar-refractivity contribution in [2.75, 3.05) is 7.05 Å². The molecule has 0 unspecified atom stereocenters. The number of amides is 1. The molecule has 0 N–H and O–H groups in total. The van der Waals surface area contributed by atoms with Crippen molar-refractivity contribution in [3.63, 3.8) is 0 Å². The first-order valence-electron chi connectivity index (χ1n) is 4.54. The van der Waals surface area contributed by atoms with Crippen LogP contribution in [0, 0.1) is 3.70 Å². The van der Waals surface area contributed by atoms with Crippen LogP contribution in [0.3, 0.4) is 0 Å². The Morgan fingerprint density at radius 1 is 1.36 bits per heavy atom. The van der Waals surface area contributed by atoms with Gasteiger partial charge in [-0.15, -0.1) is 0 Å². The molecule has 0 spiro atoms. The summed E-state index contributed by atoms with van der Waals surface area (Å²) in [5.74, 6) is 0.219. The minimum absolute atomic E-state index is 0.219. The van der Waals surface area contributed by atoms with E-state index >= 15 is 0 Å². The molecule has 2 heterocycles. The van der Waals surface area contributed by atoms with E-state index in [2.05, 4.69) is 27.7 Å². The zero-order valence-electron chi connectivity index (χ0n) is 8.25. The molecule has 1 aromatic heterocycles. The number of nitrogens with zero attached hydrogens (tertiary/aromatic N) is 3. The van der Waals surface area contributed by atoms with Crippen LogP contribution >= 0.6 is 22.6 Å². The molecule has 14 heavy (non-hydrogen) atoms. The van der Waals surface area contributed by atoms with E-state index in [4.69, 9.17) is 0 Å². The lowest BCUT2D eigenvalue weighted by Crippen LogP contribution is -2.24. The fourth-order valence-corrected chi connectivity index (χ4v) is 2.58. The predicted molar refractivity (Wildman–Crippen MR) is 60.7 cm³/mol. The van der Waals surface area contributed by atoms with Crippen LogP contribution < -0.4 is 0 Å². The van der Waals surface area contributed by atoms with Crippen LogP contribution in [0.15, 0.2) is 0 Å². The quantitative estimate of drug-likeness (QED) is 0.669. The van der Waals surface area contributed by atoms with Crippen LogP contribution in [0.5, 0.6) is 0 Å². The number of halogens is 1. The molecule has 0 aromatic carbocycles. The van der Waals surface area contributed by atoms with Gasteiger partial charge in [-0.3, -0.25) is 9.48 Å². The average Bonchev–Trinajstić information content (AvgIpc) is 2.31. The van der Waals surface area contributed by atoms with Crippen molar-refractivity contribution in [1.29, 1.82) is 0 Å². The fourth-order valence-electron chi connectivity index (χ4n) is 1.78. The van der Waals surface area contributed by atoms with Crippen molar-refractivity contribution >= 4 is 28.5 Å². The molecule has 5 heteroatoms. The summed E-state index contributed by atoms with van der Waals surface area (Å²) in [5.41, 5.74) is 2.41. The number of rotatable bonds is 0. The second-order valence-corrected chi connectivity index (χ2v) is 4.61. The third-order valence-corrected chi connectivity index (χ3v) is 3.49. The molecule has 0 bridgehead atoms. The number of aromatic nitrogens is 2. The Kier molecular flexibility index (Phi) is 2.50. The Morgan fingerprint density at radius 2 is 2.07 bits per heavy atom. The first kappa shape index (κ1) is 9.95. The lowest BCUT2D eigenvalue weighted by atomic mass is 10.2. The molecular formula is C9H12IN3O. The molecule has 1 amide bonds. The zero-order valence-corrected chi connectivity index (χ0v) is 10.4. The normalized spacial score (nSPS) is 16.8. The van der Waals surface area contributed by atoms with Crippen LogP contribution in [-0.2, 0) is 24.8 Å². The summed E-state index contributed by atoms with van der Waals surface area (Å²) in [5, 5.41) is 4.36. The van der Waals surface area contributed by atoms with Crippen LogP contribution in [0.25, 0.3) is 0 Å². The van der Waals surface area contributed by atoms with Gasteiger partial charge in [-0.2, -0.15) is 5.10 Å². The minimum atomic E-state index is 0.219. The summed E-state index contributed by atoms with van der Waals surface area (Å²) in [6, 6.07) is 0. The molecule has 0 saturated carbocycles.